The van der Waals surface area contributed by atoms with E-state index in [2.05, 4.69) is 18.3 Å². The number of rotatable bonds is 0. The quantitative estimate of drug-likeness (QED) is 0.541. The number of nitrogens with one attached hydrogen (secondary N) is 1. The van der Waals surface area contributed by atoms with Crippen LogP contribution < -0.4 is 5.32 Å². The summed E-state index contributed by atoms with van der Waals surface area (Å²) < 4.78 is 0. The zero-order valence-electron chi connectivity index (χ0n) is 7.47. The Morgan fingerprint density at radius 1 is 1.58 bits per heavy atom. The molecule has 1 fully saturated rings. The van der Waals surface area contributed by atoms with Gasteiger partial charge < -0.3 is 5.32 Å². The van der Waals surface area contributed by atoms with Gasteiger partial charge in [-0.25, -0.2) is 0 Å². The fourth-order valence-corrected chi connectivity index (χ4v) is 2.34. The third-order valence-corrected chi connectivity index (χ3v) is 3.12. The number of fused-ring (bicyclic) bond motifs is 1. The van der Waals surface area contributed by atoms with Crippen LogP contribution in [-0.2, 0) is 4.79 Å². The second-order valence-electron chi connectivity index (χ2n) is 3.90. The van der Waals surface area contributed by atoms with Gasteiger partial charge in [-0.2, -0.15) is 0 Å². The van der Waals surface area contributed by atoms with Crippen molar-refractivity contribution in [3.63, 3.8) is 0 Å². The van der Waals surface area contributed by atoms with Crippen molar-refractivity contribution in [3.8, 4) is 0 Å². The minimum absolute atomic E-state index is 0.228. The van der Waals surface area contributed by atoms with Crippen molar-refractivity contribution in [1.82, 2.24) is 5.32 Å². The number of hydrogen-bond donors (Lipinski definition) is 1. The first kappa shape index (κ1) is 7.84. The smallest absolute Gasteiger partial charge is 0.220 e. The van der Waals surface area contributed by atoms with Crippen molar-refractivity contribution in [2.45, 2.75) is 26.2 Å². The first-order chi connectivity index (χ1) is 5.77. The van der Waals surface area contributed by atoms with Crippen LogP contribution in [0, 0.1) is 11.8 Å². The van der Waals surface area contributed by atoms with Crippen LogP contribution in [-0.4, -0.2) is 12.5 Å². The van der Waals surface area contributed by atoms with Gasteiger partial charge in [-0.1, -0.05) is 11.6 Å². The van der Waals surface area contributed by atoms with E-state index in [9.17, 15) is 4.79 Å². The molecular weight excluding hydrogens is 150 g/mol. The molecule has 0 aromatic heterocycles. The van der Waals surface area contributed by atoms with Gasteiger partial charge in [0.2, 0.25) is 5.91 Å². The molecule has 12 heavy (non-hydrogen) atoms. The SMILES string of the molecule is CC1=CCC[C@@H]2CNC(=O)C[C@H]12. The lowest BCUT2D eigenvalue weighted by Gasteiger charge is -2.35. The Morgan fingerprint density at radius 2 is 2.42 bits per heavy atom. The van der Waals surface area contributed by atoms with Crippen molar-refractivity contribution in [1.29, 1.82) is 0 Å². The number of carbonyl (C=O) groups excluding carboxylic acids is 1. The molecule has 2 aliphatic rings. The van der Waals surface area contributed by atoms with Gasteiger partial charge in [0.05, 0.1) is 0 Å². The number of amides is 1. The molecule has 0 radical (unpaired) electrons. The Hall–Kier alpha value is -0.790. The third-order valence-electron chi connectivity index (χ3n) is 3.12. The summed E-state index contributed by atoms with van der Waals surface area (Å²) in [7, 11) is 0. The molecule has 66 valence electrons. The maximum absolute atomic E-state index is 11.1. The standard InChI is InChI=1S/C10H15NO/c1-7-3-2-4-8-6-11-10(12)5-9(7)8/h3,8-9H,2,4-6H2,1H3,(H,11,12)/t8-,9-/m1/s1. The predicted molar refractivity (Wildman–Crippen MR) is 47.6 cm³/mol. The van der Waals surface area contributed by atoms with Crippen molar-refractivity contribution in [2.75, 3.05) is 6.54 Å². The number of hydrogen-bond acceptors (Lipinski definition) is 1. The molecule has 1 N–H and O–H groups in total. The van der Waals surface area contributed by atoms with E-state index in [1.165, 1.54) is 18.4 Å². The van der Waals surface area contributed by atoms with Gasteiger partial charge in [0, 0.05) is 13.0 Å². The molecule has 0 bridgehead atoms. The van der Waals surface area contributed by atoms with Crippen molar-refractivity contribution in [2.24, 2.45) is 11.8 Å². The van der Waals surface area contributed by atoms with Crippen LogP contribution in [0.5, 0.6) is 0 Å². The summed E-state index contributed by atoms with van der Waals surface area (Å²) in [5, 5.41) is 2.94. The lowest BCUT2D eigenvalue weighted by Crippen LogP contribution is -2.42. The van der Waals surface area contributed by atoms with Gasteiger partial charge in [-0.3, -0.25) is 4.79 Å². The molecule has 2 atom stereocenters. The summed E-state index contributed by atoms with van der Waals surface area (Å²) in [4.78, 5) is 11.1. The number of allylic oxidation sites excluding steroid dienone is 2. The van der Waals surface area contributed by atoms with Crippen molar-refractivity contribution >= 4 is 5.91 Å². The molecule has 1 aliphatic heterocycles. The fraction of sp³-hybridized carbons (Fsp3) is 0.700. The fourth-order valence-electron chi connectivity index (χ4n) is 2.34. The Labute approximate surface area is 73.0 Å². The maximum Gasteiger partial charge on any atom is 0.220 e. The highest BCUT2D eigenvalue weighted by Crippen LogP contribution is 2.34. The summed E-state index contributed by atoms with van der Waals surface area (Å²) in [5.74, 6) is 1.49. The molecule has 0 aromatic rings. The second-order valence-corrected chi connectivity index (χ2v) is 3.90. The molecule has 1 aliphatic carbocycles. The monoisotopic (exact) mass is 165 g/mol. The Bertz CT molecular complexity index is 232. The molecule has 2 rings (SSSR count). The van der Waals surface area contributed by atoms with E-state index in [0.717, 1.165) is 6.54 Å². The van der Waals surface area contributed by atoms with E-state index in [1.807, 2.05) is 0 Å². The Kier molecular flexibility index (Phi) is 1.91. The number of carbonyl (C=O) groups is 1. The zero-order chi connectivity index (χ0) is 8.55. The minimum Gasteiger partial charge on any atom is -0.356 e. The van der Waals surface area contributed by atoms with Crippen molar-refractivity contribution < 1.29 is 4.79 Å². The lowest BCUT2D eigenvalue weighted by molar-refractivity contribution is -0.124. The van der Waals surface area contributed by atoms with Crippen LogP contribution in [0.25, 0.3) is 0 Å². The van der Waals surface area contributed by atoms with Crippen molar-refractivity contribution in [3.05, 3.63) is 11.6 Å². The van der Waals surface area contributed by atoms with Crippen LogP contribution in [0.4, 0.5) is 0 Å². The summed E-state index contributed by atoms with van der Waals surface area (Å²) >= 11 is 0. The Morgan fingerprint density at radius 3 is 3.25 bits per heavy atom. The minimum atomic E-state index is 0.228. The second kappa shape index (κ2) is 2.92. The molecule has 0 unspecified atom stereocenters. The van der Waals surface area contributed by atoms with Crippen LogP contribution >= 0.6 is 0 Å². The molecule has 2 heteroatoms. The molecule has 1 heterocycles. The van der Waals surface area contributed by atoms with Gasteiger partial charge in [-0.05, 0) is 31.6 Å². The van der Waals surface area contributed by atoms with E-state index >= 15 is 0 Å². The summed E-state index contributed by atoms with van der Waals surface area (Å²) in [6, 6.07) is 0. The van der Waals surface area contributed by atoms with Gasteiger partial charge in [-0.15, -0.1) is 0 Å². The predicted octanol–water partition coefficient (Wildman–Crippen LogP) is 1.48. The molecule has 0 aromatic carbocycles. The summed E-state index contributed by atoms with van der Waals surface area (Å²) in [6.45, 7) is 3.06. The molecule has 1 saturated heterocycles. The number of piperidine rings is 1. The maximum atomic E-state index is 11.1. The largest absolute Gasteiger partial charge is 0.356 e. The third kappa shape index (κ3) is 1.26. The van der Waals surface area contributed by atoms with Gasteiger partial charge in [0.25, 0.3) is 0 Å². The first-order valence-electron chi connectivity index (χ1n) is 4.70. The molecule has 0 spiro atoms. The highest BCUT2D eigenvalue weighted by molar-refractivity contribution is 5.77. The highest BCUT2D eigenvalue weighted by Gasteiger charge is 2.31. The van der Waals surface area contributed by atoms with E-state index < -0.39 is 0 Å². The lowest BCUT2D eigenvalue weighted by atomic mass is 9.75. The average molecular weight is 165 g/mol. The van der Waals surface area contributed by atoms with E-state index in [4.69, 9.17) is 0 Å². The van der Waals surface area contributed by atoms with Crippen LogP contribution in [0.1, 0.15) is 26.2 Å². The van der Waals surface area contributed by atoms with Crippen LogP contribution in [0.3, 0.4) is 0 Å². The summed E-state index contributed by atoms with van der Waals surface area (Å²) in [6.07, 6.45) is 5.46. The zero-order valence-corrected chi connectivity index (χ0v) is 7.47. The first-order valence-corrected chi connectivity index (χ1v) is 4.70. The van der Waals surface area contributed by atoms with E-state index in [0.29, 0.717) is 18.3 Å². The highest BCUT2D eigenvalue weighted by atomic mass is 16.1. The van der Waals surface area contributed by atoms with Crippen LogP contribution in [0.15, 0.2) is 11.6 Å². The average Bonchev–Trinajstić information content (AvgIpc) is 2.07. The van der Waals surface area contributed by atoms with Gasteiger partial charge in [0.15, 0.2) is 0 Å². The normalized spacial score (nSPS) is 35.1. The molecule has 2 nitrogen and oxygen atoms in total. The van der Waals surface area contributed by atoms with E-state index in [1.54, 1.807) is 0 Å². The molecular formula is C10H15NO. The van der Waals surface area contributed by atoms with E-state index in [-0.39, 0.29) is 5.91 Å². The van der Waals surface area contributed by atoms with Gasteiger partial charge in [0.1, 0.15) is 0 Å². The van der Waals surface area contributed by atoms with Crippen LogP contribution in [0.2, 0.25) is 0 Å². The topological polar surface area (TPSA) is 29.1 Å². The Balaban J connectivity index is 2.15. The molecule has 1 amide bonds. The van der Waals surface area contributed by atoms with Gasteiger partial charge >= 0.3 is 0 Å². The summed E-state index contributed by atoms with van der Waals surface area (Å²) in [5.41, 5.74) is 1.43. The molecule has 0 saturated carbocycles.